The van der Waals surface area contributed by atoms with Crippen molar-refractivity contribution in [3.05, 3.63) is 29.8 Å². The summed E-state index contributed by atoms with van der Waals surface area (Å²) in [7, 11) is 1.17. The Morgan fingerprint density at radius 2 is 2.12 bits per heavy atom. The molecule has 7 heteroatoms. The number of carbonyl (C=O) groups excluding carboxylic acids is 1. The van der Waals surface area contributed by atoms with Gasteiger partial charge in [0, 0.05) is 0 Å². The first-order valence-corrected chi connectivity index (χ1v) is 4.57. The minimum absolute atomic E-state index is 0.107. The summed E-state index contributed by atoms with van der Waals surface area (Å²) < 4.78 is 5.61. The van der Waals surface area contributed by atoms with Crippen molar-refractivity contribution in [3.8, 4) is 5.75 Å². The number of imidazole rings is 1. The maximum atomic E-state index is 11.4. The van der Waals surface area contributed by atoms with Gasteiger partial charge < -0.3 is 14.9 Å². The largest absolute Gasteiger partial charge is 0.506 e. The molecule has 0 radical (unpaired) electrons. The maximum absolute atomic E-state index is 11.4. The van der Waals surface area contributed by atoms with Crippen LogP contribution in [-0.2, 0) is 4.74 Å². The number of methoxy groups -OCH3 is 1. The van der Waals surface area contributed by atoms with Crippen LogP contribution in [0.25, 0.3) is 5.52 Å². The molecule has 0 aliphatic carbocycles. The number of hydrogen-bond donors (Lipinski definition) is 2. The number of esters is 1. The summed E-state index contributed by atoms with van der Waals surface area (Å²) in [5, 5.41) is 18.2. The lowest BCUT2D eigenvalue weighted by Gasteiger charge is -1.98. The summed E-state index contributed by atoms with van der Waals surface area (Å²) in [6.45, 7) is 0. The Labute approximate surface area is 94.9 Å². The molecule has 0 aliphatic heterocycles. The van der Waals surface area contributed by atoms with E-state index in [9.17, 15) is 14.7 Å². The fraction of sp³-hybridized carbons (Fsp3) is 0.100. The molecular formula is C10H8N2O5. The number of rotatable bonds is 2. The van der Waals surface area contributed by atoms with Crippen molar-refractivity contribution in [2.75, 3.05) is 7.11 Å². The average molecular weight is 236 g/mol. The molecular weight excluding hydrogens is 228 g/mol. The van der Waals surface area contributed by atoms with Crippen LogP contribution in [0.4, 0.5) is 0 Å². The fourth-order valence-electron chi connectivity index (χ4n) is 1.47. The van der Waals surface area contributed by atoms with Gasteiger partial charge in [-0.3, -0.25) is 4.40 Å². The fourth-order valence-corrected chi connectivity index (χ4v) is 1.47. The summed E-state index contributed by atoms with van der Waals surface area (Å²) in [6, 6.07) is 2.72. The van der Waals surface area contributed by atoms with Crippen LogP contribution in [0, 0.1) is 0 Å². The SMILES string of the molecule is COC(=O)c1nc(C(=O)O)n2cc(O)ccc12. The van der Waals surface area contributed by atoms with E-state index in [4.69, 9.17) is 5.11 Å². The van der Waals surface area contributed by atoms with E-state index in [0.29, 0.717) is 0 Å². The van der Waals surface area contributed by atoms with Crippen molar-refractivity contribution in [2.45, 2.75) is 0 Å². The van der Waals surface area contributed by atoms with Gasteiger partial charge in [0.05, 0.1) is 18.8 Å². The van der Waals surface area contributed by atoms with Crippen molar-refractivity contribution < 1.29 is 24.5 Å². The van der Waals surface area contributed by atoms with Gasteiger partial charge in [0.1, 0.15) is 5.75 Å². The van der Waals surface area contributed by atoms with Gasteiger partial charge in [0.15, 0.2) is 5.69 Å². The lowest BCUT2D eigenvalue weighted by molar-refractivity contribution is 0.0597. The number of carboxylic acids is 1. The van der Waals surface area contributed by atoms with Crippen LogP contribution in [0.1, 0.15) is 21.1 Å². The predicted octanol–water partition coefficient (Wildman–Crippen LogP) is 0.525. The lowest BCUT2D eigenvalue weighted by Crippen LogP contribution is -2.04. The lowest BCUT2D eigenvalue weighted by atomic mass is 10.3. The second-order valence-electron chi connectivity index (χ2n) is 3.22. The monoisotopic (exact) mass is 236 g/mol. The van der Waals surface area contributed by atoms with Crippen molar-refractivity contribution in [3.63, 3.8) is 0 Å². The molecule has 2 N–H and O–H groups in total. The first kappa shape index (κ1) is 10.9. The summed E-state index contributed by atoms with van der Waals surface area (Å²) in [6.07, 6.45) is 1.16. The van der Waals surface area contributed by atoms with Gasteiger partial charge in [-0.1, -0.05) is 0 Å². The van der Waals surface area contributed by atoms with Crippen molar-refractivity contribution in [1.82, 2.24) is 9.38 Å². The van der Waals surface area contributed by atoms with Crippen LogP contribution in [0.2, 0.25) is 0 Å². The molecule has 7 nitrogen and oxygen atoms in total. The number of aromatic carboxylic acids is 1. The van der Waals surface area contributed by atoms with E-state index in [0.717, 1.165) is 10.6 Å². The number of aromatic hydroxyl groups is 1. The number of fused-ring (bicyclic) bond motifs is 1. The van der Waals surface area contributed by atoms with Gasteiger partial charge in [0.25, 0.3) is 0 Å². The Morgan fingerprint density at radius 1 is 1.41 bits per heavy atom. The van der Waals surface area contributed by atoms with E-state index in [1.807, 2.05) is 0 Å². The van der Waals surface area contributed by atoms with Crippen LogP contribution in [0.15, 0.2) is 18.3 Å². The van der Waals surface area contributed by atoms with Crippen molar-refractivity contribution in [1.29, 1.82) is 0 Å². The molecule has 2 aromatic rings. The third-order valence-electron chi connectivity index (χ3n) is 2.19. The number of ether oxygens (including phenoxy) is 1. The van der Waals surface area contributed by atoms with Crippen molar-refractivity contribution in [2.24, 2.45) is 0 Å². The van der Waals surface area contributed by atoms with E-state index < -0.39 is 11.9 Å². The van der Waals surface area contributed by atoms with Gasteiger partial charge >= 0.3 is 11.9 Å². The molecule has 2 heterocycles. The summed E-state index contributed by atoms with van der Waals surface area (Å²) in [5.74, 6) is -2.54. The second-order valence-corrected chi connectivity index (χ2v) is 3.22. The zero-order valence-electron chi connectivity index (χ0n) is 8.75. The number of hydrogen-bond acceptors (Lipinski definition) is 5. The van der Waals surface area contributed by atoms with E-state index in [-0.39, 0.29) is 22.8 Å². The average Bonchev–Trinajstić information content (AvgIpc) is 2.66. The standard InChI is InChI=1S/C10H8N2O5/c1-17-10(16)7-6-3-2-5(13)4-12(6)8(11-7)9(14)15/h2-4,13H,1H3,(H,14,15). The molecule has 0 unspecified atom stereocenters. The summed E-state index contributed by atoms with van der Waals surface area (Å²) in [4.78, 5) is 26.0. The maximum Gasteiger partial charge on any atom is 0.372 e. The Balaban J connectivity index is 2.79. The molecule has 0 aliphatic rings. The molecule has 0 amide bonds. The molecule has 0 bridgehead atoms. The first-order chi connectivity index (χ1) is 8.04. The predicted molar refractivity (Wildman–Crippen MR) is 55.2 cm³/mol. The van der Waals surface area contributed by atoms with Gasteiger partial charge in [-0.15, -0.1) is 0 Å². The Bertz CT molecular complexity index is 616. The van der Waals surface area contributed by atoms with E-state index >= 15 is 0 Å². The second kappa shape index (κ2) is 3.78. The van der Waals surface area contributed by atoms with Crippen LogP contribution < -0.4 is 0 Å². The molecule has 17 heavy (non-hydrogen) atoms. The molecule has 2 rings (SSSR count). The topological polar surface area (TPSA) is 101 Å². The van der Waals surface area contributed by atoms with E-state index in [1.54, 1.807) is 0 Å². The number of nitrogens with zero attached hydrogens (tertiary/aromatic N) is 2. The number of carboxylic acid groups (broad SMARTS) is 1. The molecule has 0 saturated carbocycles. The minimum Gasteiger partial charge on any atom is -0.506 e. The summed E-state index contributed by atoms with van der Waals surface area (Å²) >= 11 is 0. The smallest absolute Gasteiger partial charge is 0.372 e. The Hall–Kier alpha value is -2.57. The highest BCUT2D eigenvalue weighted by atomic mass is 16.5. The van der Waals surface area contributed by atoms with Crippen LogP contribution in [0.3, 0.4) is 0 Å². The van der Waals surface area contributed by atoms with E-state index in [1.165, 1.54) is 19.2 Å². The van der Waals surface area contributed by atoms with Gasteiger partial charge in [-0.25, -0.2) is 14.6 Å². The van der Waals surface area contributed by atoms with Gasteiger partial charge in [-0.2, -0.15) is 0 Å². The van der Waals surface area contributed by atoms with E-state index in [2.05, 4.69) is 9.72 Å². The zero-order chi connectivity index (χ0) is 12.6. The number of pyridine rings is 1. The normalized spacial score (nSPS) is 10.4. The highest BCUT2D eigenvalue weighted by Gasteiger charge is 2.21. The zero-order valence-corrected chi connectivity index (χ0v) is 8.75. The van der Waals surface area contributed by atoms with Gasteiger partial charge in [0.2, 0.25) is 5.82 Å². The molecule has 0 fully saturated rings. The first-order valence-electron chi connectivity index (χ1n) is 4.57. The highest BCUT2D eigenvalue weighted by Crippen LogP contribution is 2.18. The Morgan fingerprint density at radius 3 is 2.71 bits per heavy atom. The molecule has 0 spiro atoms. The molecule has 0 aromatic carbocycles. The van der Waals surface area contributed by atoms with Crippen LogP contribution >= 0.6 is 0 Å². The molecule has 88 valence electrons. The highest BCUT2D eigenvalue weighted by molar-refractivity contribution is 5.97. The van der Waals surface area contributed by atoms with Gasteiger partial charge in [-0.05, 0) is 12.1 Å². The molecule has 0 saturated heterocycles. The quantitative estimate of drug-likeness (QED) is 0.737. The van der Waals surface area contributed by atoms with Crippen LogP contribution in [-0.4, -0.2) is 38.6 Å². The molecule has 2 aromatic heterocycles. The number of carbonyl (C=O) groups is 2. The number of aromatic nitrogens is 2. The molecule has 0 atom stereocenters. The van der Waals surface area contributed by atoms with Crippen molar-refractivity contribution >= 4 is 17.5 Å². The minimum atomic E-state index is -1.30. The Kier molecular flexibility index (Phi) is 2.43. The third-order valence-corrected chi connectivity index (χ3v) is 2.19. The summed E-state index contributed by atoms with van der Waals surface area (Å²) in [5.41, 5.74) is 0.150. The third kappa shape index (κ3) is 1.67. The van der Waals surface area contributed by atoms with Crippen LogP contribution in [0.5, 0.6) is 5.75 Å².